The number of aromatic amines is 1. The molecular weight excluding hydrogens is 190 g/mol. The fraction of sp³-hybridized carbons (Fsp3) is 0.364. The second-order valence-electron chi connectivity index (χ2n) is 4.03. The fourth-order valence-corrected chi connectivity index (χ4v) is 1.59. The molecule has 0 bridgehead atoms. The third kappa shape index (κ3) is 1.73. The Morgan fingerprint density at radius 2 is 2.27 bits per heavy atom. The second kappa shape index (κ2) is 3.32. The number of H-pyrrole nitrogens is 1. The number of nitrogens with one attached hydrogen (secondary N) is 1. The second-order valence-corrected chi connectivity index (χ2v) is 4.03. The molecule has 1 heterocycles. The lowest BCUT2D eigenvalue weighted by molar-refractivity contribution is 0.0669. The Kier molecular flexibility index (Phi) is 2.25. The number of nitrogens with zero attached hydrogens (tertiary/aromatic N) is 1. The molecule has 4 nitrogen and oxygen atoms in total. The molecule has 80 valence electrons. The number of aliphatic hydroxyl groups is 1. The summed E-state index contributed by atoms with van der Waals surface area (Å²) in [4.78, 5) is 7.43. The Balaban J connectivity index is 2.55. The highest BCUT2D eigenvalue weighted by Gasteiger charge is 2.21. The van der Waals surface area contributed by atoms with E-state index in [1.165, 1.54) is 0 Å². The number of fused-ring (bicyclic) bond motifs is 1. The molecule has 2 rings (SSSR count). The first-order valence-electron chi connectivity index (χ1n) is 4.92. The van der Waals surface area contributed by atoms with E-state index in [0.29, 0.717) is 0 Å². The van der Waals surface area contributed by atoms with Crippen LogP contribution in [0, 0.1) is 6.92 Å². The minimum Gasteiger partial charge on any atom is -0.384 e. The quantitative estimate of drug-likeness (QED) is 0.685. The Morgan fingerprint density at radius 1 is 1.53 bits per heavy atom. The number of aromatic nitrogens is 2. The molecule has 0 aliphatic heterocycles. The minimum absolute atomic E-state index is 0.200. The van der Waals surface area contributed by atoms with Crippen LogP contribution in [0.4, 0.5) is 0 Å². The predicted molar refractivity (Wildman–Crippen MR) is 59.5 cm³/mol. The van der Waals surface area contributed by atoms with Gasteiger partial charge in [0.05, 0.1) is 16.6 Å². The molecule has 4 N–H and O–H groups in total. The van der Waals surface area contributed by atoms with Crippen LogP contribution < -0.4 is 5.73 Å². The average Bonchev–Trinajstić information content (AvgIpc) is 2.56. The van der Waals surface area contributed by atoms with Crippen molar-refractivity contribution in [3.8, 4) is 0 Å². The number of imidazole rings is 1. The van der Waals surface area contributed by atoms with Gasteiger partial charge >= 0.3 is 0 Å². The van der Waals surface area contributed by atoms with Gasteiger partial charge in [0.2, 0.25) is 0 Å². The summed E-state index contributed by atoms with van der Waals surface area (Å²) in [5.41, 5.74) is 7.18. The van der Waals surface area contributed by atoms with Crippen LogP contribution in [0.5, 0.6) is 0 Å². The number of nitrogens with two attached hydrogens (primary N) is 1. The first-order valence-corrected chi connectivity index (χ1v) is 4.92. The molecule has 1 atom stereocenters. The van der Waals surface area contributed by atoms with Gasteiger partial charge in [-0.3, -0.25) is 0 Å². The summed E-state index contributed by atoms with van der Waals surface area (Å²) in [5.74, 6) is 0.870. The van der Waals surface area contributed by atoms with E-state index in [0.717, 1.165) is 22.4 Å². The molecule has 0 amide bonds. The normalized spacial score (nSPS) is 15.5. The smallest absolute Gasteiger partial charge is 0.104 e. The van der Waals surface area contributed by atoms with E-state index < -0.39 is 5.60 Å². The summed E-state index contributed by atoms with van der Waals surface area (Å²) < 4.78 is 0. The largest absolute Gasteiger partial charge is 0.384 e. The first kappa shape index (κ1) is 10.1. The van der Waals surface area contributed by atoms with Gasteiger partial charge in [-0.15, -0.1) is 0 Å². The zero-order valence-electron chi connectivity index (χ0n) is 8.91. The first-order chi connectivity index (χ1) is 7.03. The lowest BCUT2D eigenvalue weighted by Crippen LogP contribution is -2.31. The number of rotatable bonds is 2. The molecule has 0 spiro atoms. The minimum atomic E-state index is -0.979. The van der Waals surface area contributed by atoms with Gasteiger partial charge in [-0.05, 0) is 31.5 Å². The van der Waals surface area contributed by atoms with Gasteiger partial charge in [0.1, 0.15) is 5.82 Å². The molecule has 0 aliphatic rings. The fourth-order valence-electron chi connectivity index (χ4n) is 1.59. The van der Waals surface area contributed by atoms with Crippen LogP contribution in [-0.2, 0) is 5.60 Å². The summed E-state index contributed by atoms with van der Waals surface area (Å²) in [7, 11) is 0. The van der Waals surface area contributed by atoms with Gasteiger partial charge in [-0.2, -0.15) is 0 Å². The highest BCUT2D eigenvalue weighted by atomic mass is 16.3. The van der Waals surface area contributed by atoms with Crippen molar-refractivity contribution >= 4 is 11.0 Å². The van der Waals surface area contributed by atoms with Crippen molar-refractivity contribution in [2.75, 3.05) is 6.54 Å². The molecule has 1 unspecified atom stereocenters. The third-order valence-electron chi connectivity index (χ3n) is 2.62. The highest BCUT2D eigenvalue weighted by Crippen LogP contribution is 2.22. The van der Waals surface area contributed by atoms with Crippen molar-refractivity contribution in [1.82, 2.24) is 9.97 Å². The molecule has 0 saturated carbocycles. The molecule has 15 heavy (non-hydrogen) atoms. The molecule has 0 fully saturated rings. The molecule has 0 saturated heterocycles. The zero-order valence-corrected chi connectivity index (χ0v) is 8.91. The SMILES string of the molecule is Cc1nc2ccc(C(C)(O)CN)cc2[nH]1. The maximum atomic E-state index is 10.0. The van der Waals surface area contributed by atoms with Gasteiger partial charge in [-0.1, -0.05) is 6.07 Å². The molecule has 1 aromatic heterocycles. The Morgan fingerprint density at radius 3 is 2.93 bits per heavy atom. The third-order valence-corrected chi connectivity index (χ3v) is 2.62. The van der Waals surface area contributed by atoms with Crippen molar-refractivity contribution in [2.24, 2.45) is 5.73 Å². The number of aryl methyl sites for hydroxylation is 1. The number of benzene rings is 1. The van der Waals surface area contributed by atoms with Crippen LogP contribution in [0.2, 0.25) is 0 Å². The Labute approximate surface area is 88.1 Å². The highest BCUT2D eigenvalue weighted by molar-refractivity contribution is 5.76. The Hall–Kier alpha value is -1.39. The van der Waals surface area contributed by atoms with Crippen molar-refractivity contribution in [3.05, 3.63) is 29.6 Å². The predicted octanol–water partition coefficient (Wildman–Crippen LogP) is 1.04. The topological polar surface area (TPSA) is 74.9 Å². The van der Waals surface area contributed by atoms with Gasteiger partial charge < -0.3 is 15.8 Å². The van der Waals surface area contributed by atoms with E-state index in [1.54, 1.807) is 6.92 Å². The van der Waals surface area contributed by atoms with Crippen molar-refractivity contribution < 1.29 is 5.11 Å². The van der Waals surface area contributed by atoms with Crippen LogP contribution in [0.1, 0.15) is 18.3 Å². The lowest BCUT2D eigenvalue weighted by Gasteiger charge is -2.21. The van der Waals surface area contributed by atoms with E-state index in [4.69, 9.17) is 5.73 Å². The average molecular weight is 205 g/mol. The monoisotopic (exact) mass is 205 g/mol. The van der Waals surface area contributed by atoms with Gasteiger partial charge in [0, 0.05) is 6.54 Å². The number of hydrogen-bond donors (Lipinski definition) is 3. The van der Waals surface area contributed by atoms with E-state index in [-0.39, 0.29) is 6.54 Å². The van der Waals surface area contributed by atoms with Crippen molar-refractivity contribution in [3.63, 3.8) is 0 Å². The summed E-state index contributed by atoms with van der Waals surface area (Å²) >= 11 is 0. The van der Waals surface area contributed by atoms with E-state index in [9.17, 15) is 5.11 Å². The maximum absolute atomic E-state index is 10.0. The standard InChI is InChI=1S/C11H15N3O/c1-7-13-9-4-3-8(5-10(9)14-7)11(2,15)6-12/h3-5,15H,6,12H2,1-2H3,(H,13,14). The molecule has 0 radical (unpaired) electrons. The molecule has 1 aromatic carbocycles. The van der Waals surface area contributed by atoms with E-state index in [1.807, 2.05) is 25.1 Å². The lowest BCUT2D eigenvalue weighted by atomic mass is 9.96. The summed E-state index contributed by atoms with van der Waals surface area (Å²) in [6.07, 6.45) is 0. The van der Waals surface area contributed by atoms with Crippen LogP contribution in [0.25, 0.3) is 11.0 Å². The van der Waals surface area contributed by atoms with Crippen LogP contribution in [-0.4, -0.2) is 21.6 Å². The van der Waals surface area contributed by atoms with Crippen LogP contribution in [0.3, 0.4) is 0 Å². The molecule has 4 heteroatoms. The summed E-state index contributed by atoms with van der Waals surface area (Å²) in [6.45, 7) is 3.81. The Bertz CT molecular complexity index is 488. The van der Waals surface area contributed by atoms with Crippen LogP contribution in [0.15, 0.2) is 18.2 Å². The van der Waals surface area contributed by atoms with Gasteiger partial charge in [0.15, 0.2) is 0 Å². The van der Waals surface area contributed by atoms with Crippen LogP contribution >= 0.6 is 0 Å². The zero-order chi connectivity index (χ0) is 11.1. The summed E-state index contributed by atoms with van der Waals surface area (Å²) in [6, 6.07) is 5.63. The van der Waals surface area contributed by atoms with E-state index >= 15 is 0 Å². The van der Waals surface area contributed by atoms with Gasteiger partial charge in [-0.25, -0.2) is 4.98 Å². The maximum Gasteiger partial charge on any atom is 0.104 e. The van der Waals surface area contributed by atoms with E-state index in [2.05, 4.69) is 9.97 Å². The van der Waals surface area contributed by atoms with Crippen molar-refractivity contribution in [2.45, 2.75) is 19.4 Å². The summed E-state index contributed by atoms with van der Waals surface area (Å²) in [5, 5.41) is 10.0. The molecular formula is C11H15N3O. The molecule has 2 aromatic rings. The molecule has 0 aliphatic carbocycles. The number of hydrogen-bond acceptors (Lipinski definition) is 3. The van der Waals surface area contributed by atoms with Crippen molar-refractivity contribution in [1.29, 1.82) is 0 Å². The van der Waals surface area contributed by atoms with Gasteiger partial charge in [0.25, 0.3) is 0 Å².